The van der Waals surface area contributed by atoms with Crippen molar-refractivity contribution in [2.24, 2.45) is 0 Å². The number of benzene rings is 1. The molecule has 0 spiro atoms. The van der Waals surface area contributed by atoms with Crippen LogP contribution in [0.25, 0.3) is 0 Å². The van der Waals surface area contributed by atoms with Crippen LogP contribution in [0.4, 0.5) is 13.2 Å². The first kappa shape index (κ1) is 16.5. The molecule has 22 heavy (non-hydrogen) atoms. The SMILES string of the molecule is O=S(=O)(NCCCn1cccn1)c1ccc(C(F)(F)F)cc1. The molecular formula is C13H14F3N3O2S. The lowest BCUT2D eigenvalue weighted by atomic mass is 10.2. The lowest BCUT2D eigenvalue weighted by molar-refractivity contribution is -0.137. The summed E-state index contributed by atoms with van der Waals surface area (Å²) in [4.78, 5) is -0.195. The molecule has 0 bridgehead atoms. The first-order chi connectivity index (χ1) is 10.3. The quantitative estimate of drug-likeness (QED) is 0.825. The van der Waals surface area contributed by atoms with E-state index in [0.717, 1.165) is 24.3 Å². The monoisotopic (exact) mass is 333 g/mol. The van der Waals surface area contributed by atoms with E-state index < -0.39 is 21.8 Å². The molecule has 5 nitrogen and oxygen atoms in total. The van der Waals surface area contributed by atoms with E-state index in [0.29, 0.717) is 13.0 Å². The Morgan fingerprint density at radius 1 is 1.18 bits per heavy atom. The molecule has 0 aliphatic carbocycles. The molecule has 0 aliphatic rings. The molecule has 1 N–H and O–H groups in total. The summed E-state index contributed by atoms with van der Waals surface area (Å²) in [5.41, 5.74) is -0.884. The van der Waals surface area contributed by atoms with Crippen molar-refractivity contribution < 1.29 is 21.6 Å². The normalized spacial score (nSPS) is 12.5. The van der Waals surface area contributed by atoms with Gasteiger partial charge in [0.2, 0.25) is 10.0 Å². The molecule has 120 valence electrons. The van der Waals surface area contributed by atoms with Crippen molar-refractivity contribution in [1.29, 1.82) is 0 Å². The maximum atomic E-state index is 12.4. The van der Waals surface area contributed by atoms with Gasteiger partial charge in [0, 0.05) is 25.5 Å². The van der Waals surface area contributed by atoms with E-state index in [-0.39, 0.29) is 11.4 Å². The lowest BCUT2D eigenvalue weighted by Gasteiger charge is -2.09. The van der Waals surface area contributed by atoms with Crippen LogP contribution in [0.2, 0.25) is 0 Å². The fourth-order valence-electron chi connectivity index (χ4n) is 1.79. The largest absolute Gasteiger partial charge is 0.416 e. The van der Waals surface area contributed by atoms with Gasteiger partial charge in [-0.05, 0) is 36.8 Å². The summed E-state index contributed by atoms with van der Waals surface area (Å²) >= 11 is 0. The zero-order valence-corrected chi connectivity index (χ0v) is 12.2. The summed E-state index contributed by atoms with van der Waals surface area (Å²) in [7, 11) is -3.81. The molecule has 9 heteroatoms. The van der Waals surface area contributed by atoms with Crippen LogP contribution in [-0.4, -0.2) is 24.7 Å². The number of hydrogen-bond donors (Lipinski definition) is 1. The van der Waals surface area contributed by atoms with Gasteiger partial charge in [-0.25, -0.2) is 13.1 Å². The van der Waals surface area contributed by atoms with Crippen molar-refractivity contribution in [1.82, 2.24) is 14.5 Å². The minimum absolute atomic E-state index is 0.170. The van der Waals surface area contributed by atoms with Crippen LogP contribution in [0, 0.1) is 0 Å². The van der Waals surface area contributed by atoms with Gasteiger partial charge in [0.05, 0.1) is 10.5 Å². The molecule has 1 heterocycles. The third-order valence-electron chi connectivity index (χ3n) is 2.91. The van der Waals surface area contributed by atoms with Crippen molar-refractivity contribution >= 4 is 10.0 Å². The van der Waals surface area contributed by atoms with Gasteiger partial charge in [-0.1, -0.05) is 0 Å². The smallest absolute Gasteiger partial charge is 0.273 e. The van der Waals surface area contributed by atoms with E-state index >= 15 is 0 Å². The Hall–Kier alpha value is -1.87. The number of halogens is 3. The first-order valence-corrected chi connectivity index (χ1v) is 7.92. The van der Waals surface area contributed by atoms with Crippen molar-refractivity contribution in [2.45, 2.75) is 24.0 Å². The molecule has 0 saturated heterocycles. The molecule has 1 aromatic carbocycles. The molecule has 0 saturated carbocycles. The summed E-state index contributed by atoms with van der Waals surface area (Å²) in [6.07, 6.45) is -0.599. The fraction of sp³-hybridized carbons (Fsp3) is 0.308. The van der Waals surface area contributed by atoms with E-state index in [2.05, 4.69) is 9.82 Å². The number of rotatable bonds is 6. The van der Waals surface area contributed by atoms with Gasteiger partial charge in [-0.2, -0.15) is 18.3 Å². The Balaban J connectivity index is 1.92. The van der Waals surface area contributed by atoms with Crippen LogP contribution < -0.4 is 4.72 Å². The van der Waals surface area contributed by atoms with E-state index in [9.17, 15) is 21.6 Å². The predicted molar refractivity (Wildman–Crippen MR) is 73.5 cm³/mol. The zero-order valence-electron chi connectivity index (χ0n) is 11.4. The predicted octanol–water partition coefficient (Wildman–Crippen LogP) is 2.27. The minimum atomic E-state index is -4.49. The summed E-state index contributed by atoms with van der Waals surface area (Å²) in [5.74, 6) is 0. The second-order valence-corrected chi connectivity index (χ2v) is 6.31. The Morgan fingerprint density at radius 2 is 1.86 bits per heavy atom. The minimum Gasteiger partial charge on any atom is -0.273 e. The number of alkyl halides is 3. The fourth-order valence-corrected chi connectivity index (χ4v) is 2.86. The highest BCUT2D eigenvalue weighted by Gasteiger charge is 2.30. The molecule has 2 rings (SSSR count). The number of sulfonamides is 1. The lowest BCUT2D eigenvalue weighted by Crippen LogP contribution is -2.25. The summed E-state index contributed by atoms with van der Waals surface area (Å²) < 4.78 is 65.2. The van der Waals surface area contributed by atoms with Gasteiger partial charge in [-0.3, -0.25) is 4.68 Å². The molecule has 0 amide bonds. The molecule has 1 aromatic heterocycles. The van der Waals surface area contributed by atoms with Crippen LogP contribution >= 0.6 is 0 Å². The van der Waals surface area contributed by atoms with Gasteiger partial charge in [-0.15, -0.1) is 0 Å². The standard InChI is InChI=1S/C13H14F3N3O2S/c14-13(15,16)11-3-5-12(6-4-11)22(20,21)18-8-2-10-19-9-1-7-17-19/h1,3-7,9,18H,2,8,10H2. The summed E-state index contributed by atoms with van der Waals surface area (Å²) in [6, 6.07) is 5.14. The molecule has 0 fully saturated rings. The molecular weight excluding hydrogens is 319 g/mol. The van der Waals surface area contributed by atoms with Gasteiger partial charge < -0.3 is 0 Å². The van der Waals surface area contributed by atoms with Crippen LogP contribution in [0.15, 0.2) is 47.6 Å². The number of aryl methyl sites for hydroxylation is 1. The third-order valence-corrected chi connectivity index (χ3v) is 4.38. The molecule has 0 aliphatic heterocycles. The van der Waals surface area contributed by atoms with E-state index in [1.165, 1.54) is 0 Å². The number of aromatic nitrogens is 2. The molecule has 0 unspecified atom stereocenters. The second kappa shape index (κ2) is 6.49. The van der Waals surface area contributed by atoms with Crippen molar-refractivity contribution in [2.75, 3.05) is 6.54 Å². The molecule has 0 atom stereocenters. The molecule has 2 aromatic rings. The van der Waals surface area contributed by atoms with Crippen LogP contribution in [0.5, 0.6) is 0 Å². The van der Waals surface area contributed by atoms with Gasteiger partial charge in [0.15, 0.2) is 0 Å². The van der Waals surface area contributed by atoms with Crippen molar-refractivity contribution in [3.8, 4) is 0 Å². The average molecular weight is 333 g/mol. The highest BCUT2D eigenvalue weighted by Crippen LogP contribution is 2.29. The highest BCUT2D eigenvalue weighted by molar-refractivity contribution is 7.89. The highest BCUT2D eigenvalue weighted by atomic mass is 32.2. The van der Waals surface area contributed by atoms with Crippen LogP contribution in [0.3, 0.4) is 0 Å². The van der Waals surface area contributed by atoms with Gasteiger partial charge in [0.25, 0.3) is 0 Å². The first-order valence-electron chi connectivity index (χ1n) is 6.43. The zero-order chi connectivity index (χ0) is 16.2. The van der Waals surface area contributed by atoms with E-state index in [1.54, 1.807) is 23.1 Å². The van der Waals surface area contributed by atoms with Crippen LogP contribution in [0.1, 0.15) is 12.0 Å². The summed E-state index contributed by atoms with van der Waals surface area (Å²) in [5, 5.41) is 3.97. The van der Waals surface area contributed by atoms with Gasteiger partial charge in [0.1, 0.15) is 0 Å². The maximum absolute atomic E-state index is 12.4. The van der Waals surface area contributed by atoms with Crippen molar-refractivity contribution in [3.63, 3.8) is 0 Å². The topological polar surface area (TPSA) is 64.0 Å². The van der Waals surface area contributed by atoms with E-state index in [1.807, 2.05) is 0 Å². The molecule has 0 radical (unpaired) electrons. The average Bonchev–Trinajstić information content (AvgIpc) is 2.96. The van der Waals surface area contributed by atoms with Gasteiger partial charge >= 0.3 is 6.18 Å². The number of hydrogen-bond acceptors (Lipinski definition) is 3. The Morgan fingerprint density at radius 3 is 2.41 bits per heavy atom. The third kappa shape index (κ3) is 4.31. The number of nitrogens with zero attached hydrogens (tertiary/aromatic N) is 2. The summed E-state index contributed by atoms with van der Waals surface area (Å²) in [6.45, 7) is 0.714. The van der Waals surface area contributed by atoms with Crippen molar-refractivity contribution in [3.05, 3.63) is 48.3 Å². The van der Waals surface area contributed by atoms with E-state index in [4.69, 9.17) is 0 Å². The van der Waals surface area contributed by atoms with Crippen LogP contribution in [-0.2, 0) is 22.7 Å². The Kier molecular flexibility index (Phi) is 4.87. The Bertz CT molecular complexity index is 695. The maximum Gasteiger partial charge on any atom is 0.416 e. The number of nitrogens with one attached hydrogen (secondary N) is 1. The second-order valence-electron chi connectivity index (χ2n) is 4.54. The Labute approximate surface area is 125 Å².